The third-order valence-electron chi connectivity index (χ3n) is 2.52. The summed E-state index contributed by atoms with van der Waals surface area (Å²) in [6.07, 6.45) is -2.90. The highest BCUT2D eigenvalue weighted by atomic mass is 32.1. The van der Waals surface area contributed by atoms with Gasteiger partial charge in [-0.25, -0.2) is 0 Å². The lowest BCUT2D eigenvalue weighted by Gasteiger charge is -2.03. The van der Waals surface area contributed by atoms with Gasteiger partial charge in [0.15, 0.2) is 5.76 Å². The van der Waals surface area contributed by atoms with Crippen LogP contribution >= 0.6 is 11.3 Å². The molecule has 0 atom stereocenters. The van der Waals surface area contributed by atoms with Crippen LogP contribution in [-0.2, 0) is 11.0 Å². The molecule has 0 saturated carbocycles. The molecule has 23 heavy (non-hydrogen) atoms. The zero-order chi connectivity index (χ0) is 16.9. The van der Waals surface area contributed by atoms with Gasteiger partial charge in [0, 0.05) is 13.0 Å². The molecular weight excluding hydrogens is 337 g/mol. The maximum Gasteiger partial charge on any atom is 0.445 e. The van der Waals surface area contributed by atoms with Gasteiger partial charge in [0.1, 0.15) is 0 Å². The van der Waals surface area contributed by atoms with E-state index in [0.717, 1.165) is 0 Å². The Balaban J connectivity index is 1.69. The first-order valence-corrected chi connectivity index (χ1v) is 7.20. The van der Waals surface area contributed by atoms with Crippen molar-refractivity contribution in [3.63, 3.8) is 0 Å². The Morgan fingerprint density at radius 2 is 2.09 bits per heavy atom. The highest BCUT2D eigenvalue weighted by Crippen LogP contribution is 2.32. The minimum absolute atomic E-state index is 0.0133. The van der Waals surface area contributed by atoms with E-state index in [-0.39, 0.29) is 35.2 Å². The van der Waals surface area contributed by atoms with Crippen molar-refractivity contribution in [3.05, 3.63) is 29.2 Å². The Labute approximate surface area is 131 Å². The van der Waals surface area contributed by atoms with Gasteiger partial charge >= 0.3 is 6.18 Å². The van der Waals surface area contributed by atoms with E-state index in [1.54, 1.807) is 6.07 Å². The van der Waals surface area contributed by atoms with Gasteiger partial charge in [-0.05, 0) is 18.6 Å². The molecule has 0 aromatic carbocycles. The molecule has 0 aliphatic heterocycles. The van der Waals surface area contributed by atoms with E-state index in [2.05, 4.69) is 20.8 Å². The number of carbonyl (C=O) groups is 2. The van der Waals surface area contributed by atoms with Crippen LogP contribution in [0.3, 0.4) is 0 Å². The molecule has 2 heterocycles. The number of hydrogen-bond acceptors (Lipinski definition) is 6. The predicted molar refractivity (Wildman–Crippen MR) is 73.8 cm³/mol. The van der Waals surface area contributed by atoms with Crippen molar-refractivity contribution in [1.82, 2.24) is 15.5 Å². The van der Waals surface area contributed by atoms with Crippen molar-refractivity contribution in [2.24, 2.45) is 0 Å². The van der Waals surface area contributed by atoms with E-state index < -0.39 is 23.0 Å². The van der Waals surface area contributed by atoms with Gasteiger partial charge in [-0.15, -0.1) is 10.2 Å². The van der Waals surface area contributed by atoms with Crippen LogP contribution in [0.4, 0.5) is 18.3 Å². The minimum Gasteiger partial charge on any atom is -0.459 e. The van der Waals surface area contributed by atoms with Crippen LogP contribution in [0, 0.1) is 0 Å². The number of nitrogens with one attached hydrogen (secondary N) is 2. The average Bonchev–Trinajstić information content (AvgIpc) is 3.13. The number of carbonyl (C=O) groups excluding carboxylic acids is 2. The molecule has 7 nitrogen and oxygen atoms in total. The largest absolute Gasteiger partial charge is 0.459 e. The van der Waals surface area contributed by atoms with Crippen molar-refractivity contribution >= 4 is 28.3 Å². The van der Waals surface area contributed by atoms with Crippen LogP contribution in [-0.4, -0.2) is 28.6 Å². The highest BCUT2D eigenvalue weighted by molar-refractivity contribution is 7.15. The molecule has 2 aromatic rings. The van der Waals surface area contributed by atoms with E-state index in [4.69, 9.17) is 4.42 Å². The minimum atomic E-state index is -4.59. The van der Waals surface area contributed by atoms with E-state index >= 15 is 0 Å². The lowest BCUT2D eigenvalue weighted by molar-refractivity contribution is -0.138. The molecule has 2 amide bonds. The van der Waals surface area contributed by atoms with Crippen LogP contribution < -0.4 is 10.6 Å². The van der Waals surface area contributed by atoms with Gasteiger partial charge in [0.05, 0.1) is 6.26 Å². The normalized spacial score (nSPS) is 11.3. The van der Waals surface area contributed by atoms with Crippen molar-refractivity contribution in [1.29, 1.82) is 0 Å². The van der Waals surface area contributed by atoms with E-state index in [1.165, 1.54) is 12.3 Å². The summed E-state index contributed by atoms with van der Waals surface area (Å²) < 4.78 is 41.9. The molecule has 0 saturated heterocycles. The number of alkyl halides is 3. The summed E-state index contributed by atoms with van der Waals surface area (Å²) >= 11 is 0.249. The fourth-order valence-corrected chi connectivity index (χ4v) is 2.14. The lowest BCUT2D eigenvalue weighted by atomic mass is 10.3. The molecule has 2 N–H and O–H groups in total. The number of anilines is 1. The summed E-state index contributed by atoms with van der Waals surface area (Å²) in [5.74, 6) is -0.764. The highest BCUT2D eigenvalue weighted by Gasteiger charge is 2.35. The maximum absolute atomic E-state index is 12.3. The molecule has 0 radical (unpaired) electrons. The van der Waals surface area contributed by atoms with Crippen LogP contribution in [0.5, 0.6) is 0 Å². The predicted octanol–water partition coefficient (Wildman–Crippen LogP) is 2.30. The second kappa shape index (κ2) is 7.22. The van der Waals surface area contributed by atoms with Crippen molar-refractivity contribution in [2.75, 3.05) is 11.9 Å². The van der Waals surface area contributed by atoms with Gasteiger partial charge in [-0.1, -0.05) is 11.3 Å². The average molecular weight is 348 g/mol. The number of nitrogens with zero attached hydrogens (tertiary/aromatic N) is 2. The SMILES string of the molecule is O=C(CCCNC(=O)c1ccco1)Nc1nnc(C(F)(F)F)s1. The van der Waals surface area contributed by atoms with Crippen molar-refractivity contribution in [2.45, 2.75) is 19.0 Å². The summed E-state index contributed by atoms with van der Waals surface area (Å²) in [4.78, 5) is 23.1. The van der Waals surface area contributed by atoms with E-state index in [1.807, 2.05) is 0 Å². The van der Waals surface area contributed by atoms with Crippen molar-refractivity contribution < 1.29 is 27.2 Å². The summed E-state index contributed by atoms with van der Waals surface area (Å²) in [6, 6.07) is 3.06. The van der Waals surface area contributed by atoms with E-state index in [9.17, 15) is 22.8 Å². The van der Waals surface area contributed by atoms with Crippen LogP contribution in [0.25, 0.3) is 0 Å². The molecule has 0 spiro atoms. The first-order chi connectivity index (χ1) is 10.9. The topological polar surface area (TPSA) is 97.1 Å². The number of halogens is 3. The molecule has 0 aliphatic rings. The van der Waals surface area contributed by atoms with Gasteiger partial charge in [0.2, 0.25) is 16.0 Å². The Morgan fingerprint density at radius 3 is 2.70 bits per heavy atom. The quantitative estimate of drug-likeness (QED) is 0.781. The number of aromatic nitrogens is 2. The monoisotopic (exact) mass is 348 g/mol. The Hall–Kier alpha value is -2.43. The van der Waals surface area contributed by atoms with Crippen LogP contribution in [0.1, 0.15) is 28.4 Å². The standard InChI is InChI=1S/C12H11F3N4O3S/c13-12(14,15)10-18-19-11(23-10)17-8(20)4-1-5-16-9(21)7-3-2-6-22-7/h2-3,6H,1,4-5H2,(H,16,21)(H,17,19,20). The molecule has 11 heteroatoms. The van der Waals surface area contributed by atoms with Gasteiger partial charge in [-0.2, -0.15) is 13.2 Å². The summed E-state index contributed by atoms with van der Waals surface area (Å²) in [6.45, 7) is 0.219. The van der Waals surface area contributed by atoms with E-state index in [0.29, 0.717) is 6.42 Å². The second-order valence-corrected chi connectivity index (χ2v) is 5.27. The first-order valence-electron chi connectivity index (χ1n) is 6.38. The first kappa shape index (κ1) is 16.9. The number of hydrogen-bond donors (Lipinski definition) is 2. The lowest BCUT2D eigenvalue weighted by Crippen LogP contribution is -2.25. The summed E-state index contributed by atoms with van der Waals surface area (Å²) in [5, 5.41) is 9.62. The maximum atomic E-state index is 12.3. The summed E-state index contributed by atoms with van der Waals surface area (Å²) in [7, 11) is 0. The molecule has 2 rings (SSSR count). The molecule has 0 fully saturated rings. The van der Waals surface area contributed by atoms with Gasteiger partial charge < -0.3 is 15.1 Å². The van der Waals surface area contributed by atoms with Crippen LogP contribution in [0.2, 0.25) is 0 Å². The van der Waals surface area contributed by atoms with Crippen LogP contribution in [0.15, 0.2) is 22.8 Å². The molecule has 2 aromatic heterocycles. The third-order valence-corrected chi connectivity index (χ3v) is 3.41. The molecule has 0 unspecified atom stereocenters. The second-order valence-electron chi connectivity index (χ2n) is 4.30. The van der Waals surface area contributed by atoms with Crippen molar-refractivity contribution in [3.8, 4) is 0 Å². The molecule has 0 bridgehead atoms. The number of amides is 2. The third kappa shape index (κ3) is 5.06. The zero-order valence-electron chi connectivity index (χ0n) is 11.5. The number of furan rings is 1. The number of rotatable bonds is 6. The Bertz CT molecular complexity index is 669. The Morgan fingerprint density at radius 1 is 1.30 bits per heavy atom. The fourth-order valence-electron chi connectivity index (χ4n) is 1.52. The molecule has 124 valence electrons. The molecule has 0 aliphatic carbocycles. The fraction of sp³-hybridized carbons (Fsp3) is 0.333. The molecular formula is C12H11F3N4O3S. The van der Waals surface area contributed by atoms with Gasteiger partial charge in [0.25, 0.3) is 5.91 Å². The zero-order valence-corrected chi connectivity index (χ0v) is 12.3. The smallest absolute Gasteiger partial charge is 0.445 e. The Kier molecular flexibility index (Phi) is 5.32. The summed E-state index contributed by atoms with van der Waals surface area (Å²) in [5.41, 5.74) is 0. The van der Waals surface area contributed by atoms with Gasteiger partial charge in [-0.3, -0.25) is 9.59 Å².